The fourth-order valence-electron chi connectivity index (χ4n) is 7.39. The molecule has 4 N–H and O–H groups in total. The van der Waals surface area contributed by atoms with Crippen LogP contribution >= 0.6 is 0 Å². The number of ether oxygens (including phenoxy) is 1. The zero-order valence-corrected chi connectivity index (χ0v) is 38.3. The first kappa shape index (κ1) is 56.3. The summed E-state index contributed by atoms with van der Waals surface area (Å²) in [5.41, 5.74) is 0. The third kappa shape index (κ3) is 41.8. The molecule has 0 heterocycles. The van der Waals surface area contributed by atoms with Crippen molar-refractivity contribution < 1.29 is 34.1 Å². The van der Waals surface area contributed by atoms with Crippen LogP contribution in [0.4, 0.5) is 0 Å². The standard InChI is InChI=1S/C50H92N2O7/c1-3-5-7-9-11-13-15-16-17-18-19-20-21-22-23-24-25-27-29-34-38-42-49(56)59-45(39-35-31-28-26-14-12-10-8-6-4-2)40-36-32-30-33-37-41-47(54)51-43-48(55)52-46(44-53)50(57)58/h15-16,18-19,45-46,53H,3-14,17,20-44H2,1-2H3,(H,51,54)(H,52,55)(H,57,58)/b16-15-,19-18-. The third-order valence-electron chi connectivity index (χ3n) is 11.2. The summed E-state index contributed by atoms with van der Waals surface area (Å²) in [4.78, 5) is 47.7. The molecule has 0 aliphatic rings. The van der Waals surface area contributed by atoms with Crippen LogP contribution in [0.5, 0.6) is 0 Å². The Hall–Kier alpha value is -2.68. The summed E-state index contributed by atoms with van der Waals surface area (Å²) in [6.07, 6.45) is 50.7. The van der Waals surface area contributed by atoms with Crippen LogP contribution in [0.3, 0.4) is 0 Å². The Morgan fingerprint density at radius 3 is 1.36 bits per heavy atom. The number of aliphatic hydroxyl groups excluding tert-OH is 1. The SMILES string of the molecule is CCCCCCC/C=C\C/C=C\CCCCCCCCCCCC(=O)OC(CCCCCCCCCCCC)CCCCCCCC(=O)NCC(=O)NC(CO)C(=O)O. The summed E-state index contributed by atoms with van der Waals surface area (Å²) >= 11 is 0. The molecule has 344 valence electrons. The van der Waals surface area contributed by atoms with Gasteiger partial charge in [-0.15, -0.1) is 0 Å². The van der Waals surface area contributed by atoms with Crippen molar-refractivity contribution in [1.29, 1.82) is 0 Å². The van der Waals surface area contributed by atoms with Gasteiger partial charge in [-0.3, -0.25) is 14.4 Å². The predicted octanol–water partition coefficient (Wildman–Crippen LogP) is 12.8. The van der Waals surface area contributed by atoms with E-state index in [1.807, 2.05) is 0 Å². The molecule has 0 aromatic heterocycles. The second kappa shape index (κ2) is 44.9. The summed E-state index contributed by atoms with van der Waals surface area (Å²) in [5.74, 6) is -2.28. The number of unbranched alkanes of at least 4 members (excludes halogenated alkanes) is 27. The molecule has 0 fully saturated rings. The number of nitrogens with one attached hydrogen (secondary N) is 2. The fraction of sp³-hybridized carbons (Fsp3) is 0.840. The van der Waals surface area contributed by atoms with Gasteiger partial charge in [-0.2, -0.15) is 0 Å². The molecule has 0 aromatic rings. The maximum atomic E-state index is 12.8. The smallest absolute Gasteiger partial charge is 0.328 e. The number of allylic oxidation sites excluding steroid dienone is 4. The summed E-state index contributed by atoms with van der Waals surface area (Å²) in [6.45, 7) is 3.49. The first-order valence-corrected chi connectivity index (χ1v) is 24.7. The van der Waals surface area contributed by atoms with Crippen molar-refractivity contribution in [2.24, 2.45) is 0 Å². The Morgan fingerprint density at radius 1 is 0.508 bits per heavy atom. The quantitative estimate of drug-likeness (QED) is 0.0272. The lowest BCUT2D eigenvalue weighted by Crippen LogP contribution is -2.47. The minimum atomic E-state index is -1.38. The van der Waals surface area contributed by atoms with Crippen molar-refractivity contribution in [3.8, 4) is 0 Å². The number of carboxylic acids is 1. The minimum Gasteiger partial charge on any atom is -0.480 e. The molecule has 0 bridgehead atoms. The van der Waals surface area contributed by atoms with Crippen LogP contribution in [0.2, 0.25) is 0 Å². The van der Waals surface area contributed by atoms with E-state index in [2.05, 4.69) is 48.8 Å². The molecule has 0 saturated heterocycles. The fourth-order valence-corrected chi connectivity index (χ4v) is 7.39. The summed E-state index contributed by atoms with van der Waals surface area (Å²) in [6, 6.07) is -1.38. The van der Waals surface area contributed by atoms with Crippen molar-refractivity contribution in [3.05, 3.63) is 24.3 Å². The van der Waals surface area contributed by atoms with Gasteiger partial charge in [0.25, 0.3) is 0 Å². The average Bonchev–Trinajstić information content (AvgIpc) is 3.22. The lowest BCUT2D eigenvalue weighted by atomic mass is 10.0. The van der Waals surface area contributed by atoms with Crippen molar-refractivity contribution in [2.75, 3.05) is 13.2 Å². The van der Waals surface area contributed by atoms with Crippen LogP contribution < -0.4 is 10.6 Å². The Bertz CT molecular complexity index is 1050. The molecule has 9 nitrogen and oxygen atoms in total. The number of hydrogen-bond acceptors (Lipinski definition) is 6. The number of aliphatic carboxylic acids is 1. The molecule has 0 aliphatic carbocycles. The summed E-state index contributed by atoms with van der Waals surface area (Å²) < 4.78 is 6.05. The lowest BCUT2D eigenvalue weighted by Gasteiger charge is -2.18. The second-order valence-electron chi connectivity index (χ2n) is 16.9. The summed E-state index contributed by atoms with van der Waals surface area (Å²) in [7, 11) is 0. The van der Waals surface area contributed by atoms with Gasteiger partial charge in [-0.25, -0.2) is 4.79 Å². The Morgan fingerprint density at radius 2 is 0.915 bits per heavy atom. The van der Waals surface area contributed by atoms with Crippen molar-refractivity contribution in [1.82, 2.24) is 10.6 Å². The number of rotatable bonds is 45. The van der Waals surface area contributed by atoms with Crippen LogP contribution in [-0.2, 0) is 23.9 Å². The molecule has 0 saturated carbocycles. The van der Waals surface area contributed by atoms with Crippen LogP contribution in [-0.4, -0.2) is 59.3 Å². The van der Waals surface area contributed by atoms with E-state index < -0.39 is 24.5 Å². The van der Waals surface area contributed by atoms with Crippen molar-refractivity contribution in [3.63, 3.8) is 0 Å². The highest BCUT2D eigenvalue weighted by Gasteiger charge is 2.19. The summed E-state index contributed by atoms with van der Waals surface area (Å²) in [5, 5.41) is 22.6. The lowest BCUT2D eigenvalue weighted by molar-refractivity contribution is -0.150. The Kier molecular flexibility index (Phi) is 42.8. The number of carbonyl (C=O) groups is 4. The molecule has 2 amide bonds. The number of aliphatic hydroxyl groups is 1. The zero-order valence-electron chi connectivity index (χ0n) is 38.3. The first-order valence-electron chi connectivity index (χ1n) is 24.7. The predicted molar refractivity (Wildman–Crippen MR) is 245 cm³/mol. The monoisotopic (exact) mass is 833 g/mol. The highest BCUT2D eigenvalue weighted by atomic mass is 16.5. The van der Waals surface area contributed by atoms with Crippen LogP contribution in [0, 0.1) is 0 Å². The van der Waals surface area contributed by atoms with E-state index in [1.54, 1.807) is 0 Å². The van der Waals surface area contributed by atoms with Crippen molar-refractivity contribution in [2.45, 2.75) is 257 Å². The van der Waals surface area contributed by atoms with Gasteiger partial charge in [-0.1, -0.05) is 186 Å². The molecule has 59 heavy (non-hydrogen) atoms. The van der Waals surface area contributed by atoms with Crippen molar-refractivity contribution >= 4 is 23.8 Å². The Labute approximate surface area is 362 Å². The van der Waals surface area contributed by atoms with Gasteiger partial charge in [0.15, 0.2) is 0 Å². The van der Waals surface area contributed by atoms with Gasteiger partial charge >= 0.3 is 11.9 Å². The molecule has 0 aromatic carbocycles. The largest absolute Gasteiger partial charge is 0.480 e. The maximum Gasteiger partial charge on any atom is 0.328 e. The van der Waals surface area contributed by atoms with E-state index in [1.165, 1.54) is 148 Å². The van der Waals surface area contributed by atoms with E-state index in [0.717, 1.165) is 64.2 Å². The topological polar surface area (TPSA) is 142 Å². The van der Waals surface area contributed by atoms with E-state index in [4.69, 9.17) is 14.9 Å². The Balaban J connectivity index is 4.18. The number of carbonyl (C=O) groups excluding carboxylic acids is 3. The molecular weight excluding hydrogens is 741 g/mol. The van der Waals surface area contributed by atoms with Gasteiger partial charge in [-0.05, 0) is 70.6 Å². The molecule has 0 rings (SSSR count). The highest BCUT2D eigenvalue weighted by molar-refractivity contribution is 5.87. The zero-order chi connectivity index (χ0) is 43.3. The second-order valence-corrected chi connectivity index (χ2v) is 16.9. The van der Waals surface area contributed by atoms with Gasteiger partial charge in [0.2, 0.25) is 11.8 Å². The number of hydrogen-bond donors (Lipinski definition) is 4. The molecule has 2 atom stereocenters. The van der Waals surface area contributed by atoms with Gasteiger partial charge in [0, 0.05) is 12.8 Å². The van der Waals surface area contributed by atoms with E-state index >= 15 is 0 Å². The minimum absolute atomic E-state index is 0.0118. The number of amides is 2. The highest BCUT2D eigenvalue weighted by Crippen LogP contribution is 2.19. The normalized spacial score (nSPS) is 12.6. The van der Waals surface area contributed by atoms with E-state index in [0.29, 0.717) is 19.3 Å². The molecular formula is C50H92N2O7. The third-order valence-corrected chi connectivity index (χ3v) is 11.2. The van der Waals surface area contributed by atoms with Gasteiger partial charge in [0.1, 0.15) is 12.1 Å². The molecule has 0 spiro atoms. The first-order chi connectivity index (χ1) is 28.8. The van der Waals surface area contributed by atoms with E-state index in [9.17, 15) is 19.2 Å². The molecule has 9 heteroatoms. The van der Waals surface area contributed by atoms with Crippen LogP contribution in [0.15, 0.2) is 24.3 Å². The molecule has 2 unspecified atom stereocenters. The number of esters is 1. The van der Waals surface area contributed by atoms with Crippen LogP contribution in [0.1, 0.15) is 245 Å². The molecule has 0 aliphatic heterocycles. The molecule has 0 radical (unpaired) electrons. The van der Waals surface area contributed by atoms with Gasteiger partial charge in [0.05, 0.1) is 13.2 Å². The maximum absolute atomic E-state index is 12.8. The average molecular weight is 833 g/mol. The van der Waals surface area contributed by atoms with E-state index in [-0.39, 0.29) is 24.5 Å². The van der Waals surface area contributed by atoms with Crippen LogP contribution in [0.25, 0.3) is 0 Å². The number of carboxylic acid groups (broad SMARTS) is 1. The van der Waals surface area contributed by atoms with Gasteiger partial charge < -0.3 is 25.6 Å².